The first-order valence-corrected chi connectivity index (χ1v) is 8.90. The van der Waals surface area contributed by atoms with Crippen LogP contribution in [0.3, 0.4) is 0 Å². The lowest BCUT2D eigenvalue weighted by molar-refractivity contribution is 0.692. The van der Waals surface area contributed by atoms with Gasteiger partial charge in [-0.25, -0.2) is 9.67 Å². The Labute approximate surface area is 150 Å². The van der Waals surface area contributed by atoms with Crippen LogP contribution in [-0.4, -0.2) is 19.3 Å². The molecule has 0 atom stereocenters. The number of benzene rings is 2. The fourth-order valence-electron chi connectivity index (χ4n) is 3.80. The summed E-state index contributed by atoms with van der Waals surface area (Å²) < 4.78 is 3.70. The van der Waals surface area contributed by atoms with Gasteiger partial charge in [-0.05, 0) is 49.1 Å². The van der Waals surface area contributed by atoms with Gasteiger partial charge in [0, 0.05) is 5.69 Å². The summed E-state index contributed by atoms with van der Waals surface area (Å²) in [4.78, 5) is 17.2. The molecule has 1 aliphatic carbocycles. The second-order valence-electron chi connectivity index (χ2n) is 6.67. The van der Waals surface area contributed by atoms with Gasteiger partial charge in [-0.3, -0.25) is 9.36 Å². The molecule has 0 bridgehead atoms. The van der Waals surface area contributed by atoms with Gasteiger partial charge in [0.05, 0.1) is 35.2 Å². The van der Waals surface area contributed by atoms with E-state index < -0.39 is 0 Å². The van der Waals surface area contributed by atoms with Gasteiger partial charge in [0.25, 0.3) is 5.56 Å². The maximum Gasteiger partial charge on any atom is 0.261 e. The summed E-state index contributed by atoms with van der Waals surface area (Å²) in [5.41, 5.74) is 5.31. The first-order chi connectivity index (χ1) is 12.8. The van der Waals surface area contributed by atoms with Crippen LogP contribution < -0.4 is 5.56 Å². The first-order valence-electron chi connectivity index (χ1n) is 8.90. The van der Waals surface area contributed by atoms with Crippen LogP contribution in [0.5, 0.6) is 0 Å². The highest BCUT2D eigenvalue weighted by molar-refractivity contribution is 5.76. The minimum absolute atomic E-state index is 0.0170. The zero-order valence-corrected chi connectivity index (χ0v) is 14.3. The molecule has 2 aromatic carbocycles. The van der Waals surface area contributed by atoms with E-state index in [1.54, 1.807) is 10.9 Å². The van der Waals surface area contributed by atoms with Crippen LogP contribution in [0.1, 0.15) is 23.4 Å². The topological polar surface area (TPSA) is 52.7 Å². The molecule has 128 valence electrons. The monoisotopic (exact) mass is 342 g/mol. The fraction of sp³-hybridized carbons (Fsp3) is 0.190. The van der Waals surface area contributed by atoms with Crippen molar-refractivity contribution in [2.75, 3.05) is 0 Å². The summed E-state index contributed by atoms with van der Waals surface area (Å²) in [6.45, 7) is 0.457. The fourth-order valence-corrected chi connectivity index (χ4v) is 3.80. The van der Waals surface area contributed by atoms with E-state index in [1.165, 1.54) is 11.3 Å². The van der Waals surface area contributed by atoms with E-state index in [-0.39, 0.29) is 5.56 Å². The number of nitrogens with zero attached hydrogens (tertiary/aromatic N) is 4. The molecule has 0 N–H and O–H groups in total. The van der Waals surface area contributed by atoms with Crippen molar-refractivity contribution in [1.29, 1.82) is 0 Å². The Bertz CT molecular complexity index is 1160. The summed E-state index contributed by atoms with van der Waals surface area (Å²) in [6, 6.07) is 17.7. The lowest BCUT2D eigenvalue weighted by atomic mass is 10.2. The van der Waals surface area contributed by atoms with Crippen LogP contribution in [0, 0.1) is 0 Å². The van der Waals surface area contributed by atoms with Crippen molar-refractivity contribution in [3.05, 3.63) is 88.2 Å². The largest absolute Gasteiger partial charge is 0.293 e. The molecule has 0 spiro atoms. The maximum absolute atomic E-state index is 12.8. The van der Waals surface area contributed by atoms with Crippen molar-refractivity contribution < 1.29 is 0 Å². The van der Waals surface area contributed by atoms with Crippen molar-refractivity contribution in [2.45, 2.75) is 25.8 Å². The van der Waals surface area contributed by atoms with E-state index in [0.717, 1.165) is 36.2 Å². The molecular formula is C21H18N4O. The Kier molecular flexibility index (Phi) is 3.45. The number of hydrogen-bond donors (Lipinski definition) is 0. The van der Waals surface area contributed by atoms with Gasteiger partial charge in [-0.15, -0.1) is 0 Å². The number of rotatable bonds is 3. The standard InChI is InChI=1S/C21H18N4O/c26-21-17-9-4-5-11-18(17)22-14-24(21)13-19-16-10-6-12-20(16)25(23-19)15-7-2-1-3-8-15/h1-5,7-9,11,14H,6,10,12-13H2. The molecule has 0 aliphatic heterocycles. The summed E-state index contributed by atoms with van der Waals surface area (Å²) in [7, 11) is 0. The molecule has 5 nitrogen and oxygen atoms in total. The molecular weight excluding hydrogens is 324 g/mol. The SMILES string of the molecule is O=c1c2ccccc2ncn1Cc1nn(-c2ccccc2)c2c1CCC2. The molecule has 26 heavy (non-hydrogen) atoms. The first kappa shape index (κ1) is 15.1. The van der Waals surface area contributed by atoms with E-state index in [1.807, 2.05) is 47.1 Å². The predicted octanol–water partition coefficient (Wildman–Crippen LogP) is 3.12. The van der Waals surface area contributed by atoms with Crippen LogP contribution in [0.4, 0.5) is 0 Å². The zero-order valence-electron chi connectivity index (χ0n) is 14.3. The molecule has 2 aromatic heterocycles. The van der Waals surface area contributed by atoms with E-state index in [2.05, 4.69) is 17.1 Å². The van der Waals surface area contributed by atoms with Crippen LogP contribution in [0.25, 0.3) is 16.6 Å². The van der Waals surface area contributed by atoms with Gasteiger partial charge in [0.15, 0.2) is 0 Å². The Morgan fingerprint density at radius 1 is 0.962 bits per heavy atom. The Hall–Kier alpha value is -3.21. The normalized spacial score (nSPS) is 13.2. The lowest BCUT2D eigenvalue weighted by Gasteiger charge is -2.06. The molecule has 5 heteroatoms. The molecule has 5 rings (SSSR count). The smallest absolute Gasteiger partial charge is 0.261 e. The summed E-state index contributed by atoms with van der Waals surface area (Å²) in [6.07, 6.45) is 4.82. The van der Waals surface area contributed by atoms with Crippen LogP contribution in [0.15, 0.2) is 65.7 Å². The second kappa shape index (κ2) is 5.95. The number of aromatic nitrogens is 4. The maximum atomic E-state index is 12.8. The van der Waals surface area contributed by atoms with Crippen molar-refractivity contribution in [3.8, 4) is 5.69 Å². The third kappa shape index (κ3) is 2.36. The second-order valence-corrected chi connectivity index (χ2v) is 6.67. The third-order valence-electron chi connectivity index (χ3n) is 5.07. The van der Waals surface area contributed by atoms with Gasteiger partial charge in [-0.1, -0.05) is 30.3 Å². The highest BCUT2D eigenvalue weighted by atomic mass is 16.1. The summed E-state index contributed by atoms with van der Waals surface area (Å²) in [5.74, 6) is 0. The average Bonchev–Trinajstić information content (AvgIpc) is 3.29. The summed E-state index contributed by atoms with van der Waals surface area (Å²) in [5, 5.41) is 5.50. The van der Waals surface area contributed by atoms with Crippen LogP contribution in [0.2, 0.25) is 0 Å². The Morgan fingerprint density at radius 2 is 1.77 bits per heavy atom. The summed E-state index contributed by atoms with van der Waals surface area (Å²) >= 11 is 0. The Balaban J connectivity index is 1.60. The number of fused-ring (bicyclic) bond motifs is 2. The van der Waals surface area contributed by atoms with Crippen LogP contribution in [-0.2, 0) is 19.4 Å². The van der Waals surface area contributed by atoms with Gasteiger partial charge >= 0.3 is 0 Å². The van der Waals surface area contributed by atoms with Gasteiger partial charge in [-0.2, -0.15) is 5.10 Å². The minimum Gasteiger partial charge on any atom is -0.293 e. The molecule has 0 saturated heterocycles. The van der Waals surface area contributed by atoms with Crippen LogP contribution >= 0.6 is 0 Å². The molecule has 0 saturated carbocycles. The molecule has 4 aromatic rings. The predicted molar refractivity (Wildman–Crippen MR) is 101 cm³/mol. The van der Waals surface area contributed by atoms with Gasteiger partial charge < -0.3 is 0 Å². The Morgan fingerprint density at radius 3 is 2.65 bits per heavy atom. The molecule has 0 amide bonds. The van der Waals surface area contributed by atoms with E-state index in [4.69, 9.17) is 5.10 Å². The molecule has 0 radical (unpaired) electrons. The van der Waals surface area contributed by atoms with Crippen molar-refractivity contribution >= 4 is 10.9 Å². The quantitative estimate of drug-likeness (QED) is 0.575. The molecule has 0 fully saturated rings. The number of hydrogen-bond acceptors (Lipinski definition) is 3. The van der Waals surface area contributed by atoms with E-state index in [0.29, 0.717) is 11.9 Å². The highest BCUT2D eigenvalue weighted by Crippen LogP contribution is 2.28. The van der Waals surface area contributed by atoms with Gasteiger partial charge in [0.2, 0.25) is 0 Å². The zero-order chi connectivity index (χ0) is 17.5. The van der Waals surface area contributed by atoms with Crippen molar-refractivity contribution in [1.82, 2.24) is 19.3 Å². The number of para-hydroxylation sites is 2. The molecule has 2 heterocycles. The molecule has 1 aliphatic rings. The average molecular weight is 342 g/mol. The lowest BCUT2D eigenvalue weighted by Crippen LogP contribution is -2.21. The minimum atomic E-state index is -0.0170. The van der Waals surface area contributed by atoms with E-state index >= 15 is 0 Å². The van der Waals surface area contributed by atoms with Crippen molar-refractivity contribution in [2.24, 2.45) is 0 Å². The molecule has 0 unspecified atom stereocenters. The van der Waals surface area contributed by atoms with Crippen molar-refractivity contribution in [3.63, 3.8) is 0 Å². The third-order valence-corrected chi connectivity index (χ3v) is 5.07. The highest BCUT2D eigenvalue weighted by Gasteiger charge is 2.23. The van der Waals surface area contributed by atoms with E-state index in [9.17, 15) is 4.79 Å². The van der Waals surface area contributed by atoms with Gasteiger partial charge in [0.1, 0.15) is 0 Å².